The molecule has 3 heterocycles. The van der Waals surface area contributed by atoms with Gasteiger partial charge in [-0.1, -0.05) is 23.7 Å². The zero-order chi connectivity index (χ0) is 25.7. The third kappa shape index (κ3) is 6.23. The zero-order valence-electron chi connectivity index (χ0n) is 19.4. The molecule has 1 aliphatic rings. The minimum absolute atomic E-state index is 0.00671. The van der Waals surface area contributed by atoms with E-state index in [0.717, 1.165) is 61.5 Å². The number of nitrogens with zero attached hydrogens (tertiary/aromatic N) is 2. The molecule has 2 aromatic carbocycles. The molecular formula is C26H26ClN3O5S. The summed E-state index contributed by atoms with van der Waals surface area (Å²) in [6, 6.07) is 14.1. The predicted octanol–water partition coefficient (Wildman–Crippen LogP) is 4.75. The molecule has 0 bridgehead atoms. The fourth-order valence-corrected chi connectivity index (χ4v) is 5.84. The van der Waals surface area contributed by atoms with Crippen molar-refractivity contribution in [2.24, 2.45) is 0 Å². The van der Waals surface area contributed by atoms with E-state index in [0.29, 0.717) is 12.2 Å². The van der Waals surface area contributed by atoms with Gasteiger partial charge < -0.3 is 15.2 Å². The summed E-state index contributed by atoms with van der Waals surface area (Å²) in [7, 11) is 0. The number of aromatic amines is 1. The fraction of sp³-hybridized carbons (Fsp3) is 0.269. The number of para-hydroxylation sites is 2. The van der Waals surface area contributed by atoms with Crippen LogP contribution in [0.3, 0.4) is 0 Å². The first-order valence-corrected chi connectivity index (χ1v) is 12.7. The van der Waals surface area contributed by atoms with E-state index < -0.39 is 11.9 Å². The molecule has 5 rings (SSSR count). The molecule has 0 atom stereocenters. The van der Waals surface area contributed by atoms with Gasteiger partial charge in [0.05, 0.1) is 11.0 Å². The summed E-state index contributed by atoms with van der Waals surface area (Å²) in [5.41, 5.74) is 3.40. The lowest BCUT2D eigenvalue weighted by Crippen LogP contribution is -2.30. The monoisotopic (exact) mass is 527 g/mol. The van der Waals surface area contributed by atoms with Crippen LogP contribution in [0.2, 0.25) is 5.02 Å². The maximum atomic E-state index is 12.2. The summed E-state index contributed by atoms with van der Waals surface area (Å²) in [4.78, 5) is 38.2. The maximum absolute atomic E-state index is 12.2. The molecule has 0 radical (unpaired) electrons. The molecule has 10 heteroatoms. The number of aryl methyl sites for hydroxylation is 1. The molecule has 0 fully saturated rings. The number of thiophene rings is 1. The van der Waals surface area contributed by atoms with Crippen LogP contribution in [-0.2, 0) is 29.1 Å². The number of hydrogen-bond donors (Lipinski definition) is 3. The minimum atomic E-state index is -1.26. The van der Waals surface area contributed by atoms with Crippen molar-refractivity contribution in [3.05, 3.63) is 80.6 Å². The van der Waals surface area contributed by atoms with E-state index in [2.05, 4.69) is 22.0 Å². The van der Waals surface area contributed by atoms with Crippen LogP contribution in [0.15, 0.2) is 59.4 Å². The van der Waals surface area contributed by atoms with Crippen molar-refractivity contribution < 1.29 is 19.8 Å². The highest BCUT2D eigenvalue weighted by Crippen LogP contribution is 2.36. The molecule has 36 heavy (non-hydrogen) atoms. The van der Waals surface area contributed by atoms with Crippen LogP contribution >= 0.6 is 22.9 Å². The number of unbranched alkanes of at least 4 members (excludes halogenated alkanes) is 1. The number of halogens is 1. The van der Waals surface area contributed by atoms with Crippen LogP contribution in [-0.4, -0.2) is 49.7 Å². The number of imidazole rings is 1. The number of H-pyrrole nitrogens is 1. The van der Waals surface area contributed by atoms with Crippen LogP contribution in [0, 0.1) is 0 Å². The third-order valence-corrected chi connectivity index (χ3v) is 7.47. The lowest BCUT2D eigenvalue weighted by Gasteiger charge is -2.26. The summed E-state index contributed by atoms with van der Waals surface area (Å²) in [5, 5.41) is 17.8. The van der Waals surface area contributed by atoms with Gasteiger partial charge in [0.25, 0.3) is 0 Å². The van der Waals surface area contributed by atoms with Crippen LogP contribution in [0.4, 0.5) is 0 Å². The second-order valence-corrected chi connectivity index (χ2v) is 10.1. The Balaban J connectivity index is 0.000000331. The Labute approximate surface area is 216 Å². The lowest BCUT2D eigenvalue weighted by molar-refractivity contribution is -0.134. The van der Waals surface area contributed by atoms with Gasteiger partial charge in [-0.2, -0.15) is 0 Å². The van der Waals surface area contributed by atoms with Gasteiger partial charge in [0, 0.05) is 46.4 Å². The van der Waals surface area contributed by atoms with Crippen molar-refractivity contribution in [1.82, 2.24) is 14.5 Å². The topological polar surface area (TPSA) is 116 Å². The van der Waals surface area contributed by atoms with Gasteiger partial charge in [-0.25, -0.2) is 14.4 Å². The molecule has 0 unspecified atom stereocenters. The summed E-state index contributed by atoms with van der Waals surface area (Å²) in [6.07, 6.45) is 4.31. The Bertz CT molecular complexity index is 1470. The van der Waals surface area contributed by atoms with E-state index in [1.54, 1.807) is 0 Å². The van der Waals surface area contributed by atoms with Crippen molar-refractivity contribution in [3.63, 3.8) is 0 Å². The van der Waals surface area contributed by atoms with Crippen molar-refractivity contribution in [2.45, 2.75) is 32.4 Å². The number of carboxylic acids is 2. The third-order valence-electron chi connectivity index (χ3n) is 6.04. The van der Waals surface area contributed by atoms with E-state index in [-0.39, 0.29) is 5.69 Å². The van der Waals surface area contributed by atoms with Gasteiger partial charge in [-0.3, -0.25) is 9.47 Å². The predicted molar refractivity (Wildman–Crippen MR) is 142 cm³/mol. The second-order valence-electron chi connectivity index (χ2n) is 8.49. The minimum Gasteiger partial charge on any atom is -0.478 e. The summed E-state index contributed by atoms with van der Waals surface area (Å²) < 4.78 is 3.20. The van der Waals surface area contributed by atoms with E-state index in [4.69, 9.17) is 21.8 Å². The van der Waals surface area contributed by atoms with Crippen molar-refractivity contribution >= 4 is 56.0 Å². The molecule has 0 amide bonds. The van der Waals surface area contributed by atoms with Crippen molar-refractivity contribution in [2.75, 3.05) is 13.1 Å². The standard InChI is InChI=1S/C22H22ClN3OS.C4H4O4/c23-15-7-8-20-17(13-15)16-9-12-25(14-21(16)28-20)10-3-4-11-26-19-6-2-1-5-18(19)24-22(26)27;5-3(6)1-2-4(7)8/h1-2,5-8,13H,3-4,9-12,14H2,(H,24,27);1-2H,(H,5,6)(H,7,8). The van der Waals surface area contributed by atoms with Gasteiger partial charge in [-0.15, -0.1) is 11.3 Å². The summed E-state index contributed by atoms with van der Waals surface area (Å²) in [5.74, 6) is -2.51. The van der Waals surface area contributed by atoms with Gasteiger partial charge in [0.15, 0.2) is 0 Å². The van der Waals surface area contributed by atoms with E-state index in [9.17, 15) is 14.4 Å². The molecule has 0 aliphatic carbocycles. The molecule has 2 aromatic heterocycles. The molecule has 1 aliphatic heterocycles. The van der Waals surface area contributed by atoms with Crippen LogP contribution < -0.4 is 5.69 Å². The van der Waals surface area contributed by atoms with E-state index in [1.165, 1.54) is 20.5 Å². The molecular weight excluding hydrogens is 502 g/mol. The van der Waals surface area contributed by atoms with Gasteiger partial charge in [0.2, 0.25) is 0 Å². The maximum Gasteiger partial charge on any atom is 0.328 e. The number of fused-ring (bicyclic) bond motifs is 4. The molecule has 8 nitrogen and oxygen atoms in total. The van der Waals surface area contributed by atoms with Gasteiger partial charge in [-0.05, 0) is 67.1 Å². The second kappa shape index (κ2) is 11.6. The molecule has 0 saturated heterocycles. The zero-order valence-corrected chi connectivity index (χ0v) is 21.0. The van der Waals surface area contributed by atoms with E-state index in [1.807, 2.05) is 46.2 Å². The lowest BCUT2D eigenvalue weighted by atomic mass is 10.0. The van der Waals surface area contributed by atoms with Crippen molar-refractivity contribution in [1.29, 1.82) is 0 Å². The van der Waals surface area contributed by atoms with Crippen LogP contribution in [0.5, 0.6) is 0 Å². The summed E-state index contributed by atoms with van der Waals surface area (Å²) in [6.45, 7) is 3.96. The fourth-order valence-electron chi connectivity index (χ4n) is 4.39. The highest BCUT2D eigenvalue weighted by Gasteiger charge is 2.20. The van der Waals surface area contributed by atoms with Crippen LogP contribution in [0.25, 0.3) is 21.1 Å². The van der Waals surface area contributed by atoms with Gasteiger partial charge >= 0.3 is 17.6 Å². The smallest absolute Gasteiger partial charge is 0.328 e. The Hall–Kier alpha value is -3.40. The summed E-state index contributed by atoms with van der Waals surface area (Å²) >= 11 is 8.09. The first kappa shape index (κ1) is 25.7. The van der Waals surface area contributed by atoms with Crippen LogP contribution in [0.1, 0.15) is 23.3 Å². The Morgan fingerprint density at radius 3 is 2.53 bits per heavy atom. The largest absolute Gasteiger partial charge is 0.478 e. The quantitative estimate of drug-likeness (QED) is 0.236. The van der Waals surface area contributed by atoms with E-state index >= 15 is 0 Å². The molecule has 0 saturated carbocycles. The Morgan fingerprint density at radius 2 is 1.78 bits per heavy atom. The highest BCUT2D eigenvalue weighted by molar-refractivity contribution is 7.19. The number of nitrogens with one attached hydrogen (secondary N) is 1. The SMILES string of the molecule is O=C(O)C=CC(=O)O.O=c1[nH]c2ccccc2n1CCCCN1CCc2c(sc3ccc(Cl)cc23)C1. The number of aromatic nitrogens is 2. The van der Waals surface area contributed by atoms with Gasteiger partial charge in [0.1, 0.15) is 0 Å². The number of rotatable bonds is 7. The number of carboxylic acid groups (broad SMARTS) is 2. The number of aliphatic carboxylic acids is 2. The Kier molecular flexibility index (Phi) is 8.25. The first-order chi connectivity index (χ1) is 17.3. The van der Waals surface area contributed by atoms with Crippen molar-refractivity contribution in [3.8, 4) is 0 Å². The molecule has 3 N–H and O–H groups in total. The number of benzene rings is 2. The molecule has 4 aromatic rings. The first-order valence-electron chi connectivity index (χ1n) is 11.6. The number of hydrogen-bond acceptors (Lipinski definition) is 5. The molecule has 0 spiro atoms. The highest BCUT2D eigenvalue weighted by atomic mass is 35.5. The molecule has 188 valence electrons. The number of carbonyl (C=O) groups is 2. The normalized spacial score (nSPS) is 13.6. The average molecular weight is 528 g/mol. The average Bonchev–Trinajstić information content (AvgIpc) is 3.36. The Morgan fingerprint density at radius 1 is 1.06 bits per heavy atom.